The van der Waals surface area contributed by atoms with Crippen molar-refractivity contribution in [3.63, 3.8) is 0 Å². The standard InChI is InChI=1S/C13H16BrNO3/c1-13(2,15)6-8-5-10(14)9(7-16)12-11(8)17-3-4-18-12/h5,7H,3-4,6,15H2,1-2H3. The Balaban J connectivity index is 2.54. The predicted octanol–water partition coefficient (Wildman–Crippen LogP) is 2.31. The Bertz CT molecular complexity index is 480. The molecular weight excluding hydrogens is 298 g/mol. The molecule has 1 aromatic carbocycles. The first-order chi connectivity index (χ1) is 8.42. The van der Waals surface area contributed by atoms with Gasteiger partial charge in [-0.1, -0.05) is 0 Å². The number of rotatable bonds is 3. The van der Waals surface area contributed by atoms with Crippen molar-refractivity contribution in [3.05, 3.63) is 21.7 Å². The Hall–Kier alpha value is -1.07. The summed E-state index contributed by atoms with van der Waals surface area (Å²) in [6.45, 7) is 4.84. The monoisotopic (exact) mass is 313 g/mol. The third kappa shape index (κ3) is 2.67. The van der Waals surface area contributed by atoms with Crippen molar-refractivity contribution >= 4 is 22.2 Å². The highest BCUT2D eigenvalue weighted by Gasteiger charge is 2.25. The number of benzene rings is 1. The van der Waals surface area contributed by atoms with E-state index in [1.54, 1.807) is 0 Å². The minimum Gasteiger partial charge on any atom is -0.486 e. The molecule has 0 aliphatic carbocycles. The molecule has 0 fully saturated rings. The fourth-order valence-electron chi connectivity index (χ4n) is 1.99. The number of halogens is 1. The second-order valence-corrected chi connectivity index (χ2v) is 5.92. The molecule has 0 unspecified atom stereocenters. The smallest absolute Gasteiger partial charge is 0.173 e. The van der Waals surface area contributed by atoms with Crippen molar-refractivity contribution in [1.29, 1.82) is 0 Å². The van der Waals surface area contributed by atoms with Crippen LogP contribution >= 0.6 is 15.9 Å². The molecule has 2 N–H and O–H groups in total. The molecule has 4 nitrogen and oxygen atoms in total. The van der Waals surface area contributed by atoms with Gasteiger partial charge in [-0.25, -0.2) is 0 Å². The summed E-state index contributed by atoms with van der Waals surface area (Å²) >= 11 is 3.39. The summed E-state index contributed by atoms with van der Waals surface area (Å²) in [5.41, 5.74) is 7.13. The highest BCUT2D eigenvalue weighted by molar-refractivity contribution is 9.10. The average Bonchev–Trinajstić information content (AvgIpc) is 2.27. The second kappa shape index (κ2) is 4.90. The zero-order chi connectivity index (χ0) is 13.3. The second-order valence-electron chi connectivity index (χ2n) is 5.07. The zero-order valence-electron chi connectivity index (χ0n) is 10.5. The summed E-state index contributed by atoms with van der Waals surface area (Å²) in [5.74, 6) is 1.16. The van der Waals surface area contributed by atoms with Crippen molar-refractivity contribution in [2.45, 2.75) is 25.8 Å². The fraction of sp³-hybridized carbons (Fsp3) is 0.462. The summed E-state index contributed by atoms with van der Waals surface area (Å²) < 4.78 is 11.9. The molecule has 98 valence electrons. The lowest BCUT2D eigenvalue weighted by molar-refractivity contribution is 0.111. The van der Waals surface area contributed by atoms with Crippen LogP contribution in [0.2, 0.25) is 0 Å². The van der Waals surface area contributed by atoms with Gasteiger partial charge in [0.1, 0.15) is 13.2 Å². The largest absolute Gasteiger partial charge is 0.486 e. The SMILES string of the molecule is CC(C)(N)Cc1cc(Br)c(C=O)c2c1OCCO2. The Morgan fingerprint density at radius 2 is 2.00 bits per heavy atom. The molecule has 1 aliphatic heterocycles. The molecule has 5 heteroatoms. The highest BCUT2D eigenvalue weighted by atomic mass is 79.9. The molecule has 1 heterocycles. The Morgan fingerprint density at radius 1 is 1.39 bits per heavy atom. The number of carbonyl (C=O) groups is 1. The van der Waals surface area contributed by atoms with Crippen molar-refractivity contribution < 1.29 is 14.3 Å². The van der Waals surface area contributed by atoms with E-state index < -0.39 is 0 Å². The van der Waals surface area contributed by atoms with E-state index in [0.717, 1.165) is 11.8 Å². The molecule has 1 aromatic rings. The summed E-state index contributed by atoms with van der Waals surface area (Å²) in [5, 5.41) is 0. The molecule has 0 spiro atoms. The predicted molar refractivity (Wildman–Crippen MR) is 72.5 cm³/mol. The number of nitrogens with two attached hydrogens (primary N) is 1. The van der Waals surface area contributed by atoms with Crippen LogP contribution in [0.1, 0.15) is 29.8 Å². The van der Waals surface area contributed by atoms with E-state index in [9.17, 15) is 4.79 Å². The number of hydrogen-bond donors (Lipinski definition) is 1. The van der Waals surface area contributed by atoms with Gasteiger partial charge in [-0.05, 0) is 42.3 Å². The van der Waals surface area contributed by atoms with E-state index >= 15 is 0 Å². The molecule has 0 atom stereocenters. The molecule has 18 heavy (non-hydrogen) atoms. The number of aldehydes is 1. The van der Waals surface area contributed by atoms with Gasteiger partial charge in [-0.3, -0.25) is 4.79 Å². The lowest BCUT2D eigenvalue weighted by Gasteiger charge is -2.26. The maximum atomic E-state index is 11.1. The van der Waals surface area contributed by atoms with Crippen LogP contribution in [-0.2, 0) is 6.42 Å². The Morgan fingerprint density at radius 3 is 2.56 bits per heavy atom. The van der Waals surface area contributed by atoms with Gasteiger partial charge in [0.15, 0.2) is 17.8 Å². The molecule has 0 radical (unpaired) electrons. The third-order valence-corrected chi connectivity index (χ3v) is 3.30. The summed E-state index contributed by atoms with van der Waals surface area (Å²) in [6.07, 6.45) is 1.42. The Kier molecular flexibility index (Phi) is 3.64. The van der Waals surface area contributed by atoms with Crippen LogP contribution in [0.25, 0.3) is 0 Å². The van der Waals surface area contributed by atoms with E-state index in [0.29, 0.717) is 41.2 Å². The molecule has 0 saturated heterocycles. The molecule has 1 aliphatic rings. The van der Waals surface area contributed by atoms with Crippen LogP contribution in [-0.4, -0.2) is 25.0 Å². The maximum absolute atomic E-state index is 11.1. The van der Waals surface area contributed by atoms with Crippen molar-refractivity contribution in [2.24, 2.45) is 5.73 Å². The van der Waals surface area contributed by atoms with Gasteiger partial charge in [0.25, 0.3) is 0 Å². The molecular formula is C13H16BrNO3. The van der Waals surface area contributed by atoms with Crippen LogP contribution in [0.5, 0.6) is 11.5 Å². The number of hydrogen-bond acceptors (Lipinski definition) is 4. The highest BCUT2D eigenvalue weighted by Crippen LogP contribution is 2.41. The molecule has 0 bridgehead atoms. The number of carbonyl (C=O) groups excluding carboxylic acids is 1. The third-order valence-electron chi connectivity index (χ3n) is 2.64. The lowest BCUT2D eigenvalue weighted by atomic mass is 9.94. The van der Waals surface area contributed by atoms with E-state index in [-0.39, 0.29) is 5.54 Å². The van der Waals surface area contributed by atoms with Crippen molar-refractivity contribution in [2.75, 3.05) is 13.2 Å². The minimum absolute atomic E-state index is 0.350. The first kappa shape index (κ1) is 13.4. The molecule has 0 aromatic heterocycles. The van der Waals surface area contributed by atoms with Gasteiger partial charge in [0.05, 0.1) is 5.56 Å². The Labute approximate surface area is 115 Å². The summed E-state index contributed by atoms with van der Waals surface area (Å²) in [7, 11) is 0. The fourth-order valence-corrected chi connectivity index (χ4v) is 2.54. The zero-order valence-corrected chi connectivity index (χ0v) is 12.0. The van der Waals surface area contributed by atoms with Gasteiger partial charge in [-0.15, -0.1) is 0 Å². The van der Waals surface area contributed by atoms with Crippen LogP contribution in [0.15, 0.2) is 10.5 Å². The summed E-state index contributed by atoms with van der Waals surface area (Å²) in [6, 6.07) is 1.88. The quantitative estimate of drug-likeness (QED) is 0.870. The first-order valence-corrected chi connectivity index (χ1v) is 6.57. The molecule has 0 amide bonds. The van der Waals surface area contributed by atoms with Crippen LogP contribution in [0.4, 0.5) is 0 Å². The van der Waals surface area contributed by atoms with E-state index in [1.807, 2.05) is 19.9 Å². The first-order valence-electron chi connectivity index (χ1n) is 5.77. The van der Waals surface area contributed by atoms with Gasteiger partial charge in [0, 0.05) is 15.6 Å². The maximum Gasteiger partial charge on any atom is 0.173 e. The number of ether oxygens (including phenoxy) is 2. The summed E-state index contributed by atoms with van der Waals surface area (Å²) in [4.78, 5) is 11.1. The van der Waals surface area contributed by atoms with Gasteiger partial charge >= 0.3 is 0 Å². The molecule has 2 rings (SSSR count). The minimum atomic E-state index is -0.350. The van der Waals surface area contributed by atoms with Gasteiger partial charge < -0.3 is 15.2 Å². The van der Waals surface area contributed by atoms with Gasteiger partial charge in [0.2, 0.25) is 0 Å². The van der Waals surface area contributed by atoms with Crippen molar-refractivity contribution in [3.8, 4) is 11.5 Å². The van der Waals surface area contributed by atoms with Gasteiger partial charge in [-0.2, -0.15) is 0 Å². The normalized spacial score (nSPS) is 14.4. The van der Waals surface area contributed by atoms with E-state index in [1.165, 1.54) is 0 Å². The van der Waals surface area contributed by atoms with Crippen molar-refractivity contribution in [1.82, 2.24) is 0 Å². The number of fused-ring (bicyclic) bond motifs is 1. The average molecular weight is 314 g/mol. The van der Waals surface area contributed by atoms with E-state index in [4.69, 9.17) is 15.2 Å². The van der Waals surface area contributed by atoms with Crippen LogP contribution in [0, 0.1) is 0 Å². The molecule has 0 saturated carbocycles. The van der Waals surface area contributed by atoms with Crippen LogP contribution in [0.3, 0.4) is 0 Å². The lowest BCUT2D eigenvalue weighted by Crippen LogP contribution is -2.35. The van der Waals surface area contributed by atoms with Crippen LogP contribution < -0.4 is 15.2 Å². The van der Waals surface area contributed by atoms with E-state index in [2.05, 4.69) is 15.9 Å². The topological polar surface area (TPSA) is 61.6 Å².